The second kappa shape index (κ2) is 10.7. The highest BCUT2D eigenvalue weighted by Gasteiger charge is 2.24. The first kappa shape index (κ1) is 23.2. The Labute approximate surface area is 186 Å². The van der Waals surface area contributed by atoms with Gasteiger partial charge >= 0.3 is 5.97 Å². The lowest BCUT2D eigenvalue weighted by Gasteiger charge is -2.30. The number of para-hydroxylation sites is 1. The van der Waals surface area contributed by atoms with Gasteiger partial charge in [-0.1, -0.05) is 32.0 Å². The summed E-state index contributed by atoms with van der Waals surface area (Å²) in [6.45, 7) is 5.58. The molecule has 2 aromatic rings. The maximum Gasteiger partial charge on any atom is 0.341 e. The monoisotopic (exact) mass is 441 g/mol. The fourth-order valence-corrected chi connectivity index (χ4v) is 3.67. The summed E-state index contributed by atoms with van der Waals surface area (Å²) in [5.41, 5.74) is 3.09. The summed E-state index contributed by atoms with van der Waals surface area (Å²) in [4.78, 5) is 37.9. The molecule has 32 heavy (non-hydrogen) atoms. The zero-order chi connectivity index (χ0) is 23.1. The number of amides is 1. The Morgan fingerprint density at radius 2 is 1.78 bits per heavy atom. The molecule has 0 unspecified atom stereocenters. The topological polar surface area (TPSA) is 111 Å². The van der Waals surface area contributed by atoms with Crippen molar-refractivity contribution in [3.8, 4) is 0 Å². The van der Waals surface area contributed by atoms with Crippen LogP contribution in [0.15, 0.2) is 36.4 Å². The van der Waals surface area contributed by atoms with Crippen LogP contribution in [0.3, 0.4) is 0 Å². The van der Waals surface area contributed by atoms with Gasteiger partial charge in [-0.05, 0) is 30.0 Å². The van der Waals surface area contributed by atoms with E-state index in [1.165, 1.54) is 18.2 Å². The summed E-state index contributed by atoms with van der Waals surface area (Å²) in [7, 11) is 0. The Balaban J connectivity index is 1.75. The molecule has 1 amide bonds. The van der Waals surface area contributed by atoms with Gasteiger partial charge in [-0.25, -0.2) is 4.79 Å². The molecule has 170 valence electrons. The number of hydrogen-bond acceptors (Lipinski definition) is 7. The van der Waals surface area contributed by atoms with E-state index < -0.39 is 23.4 Å². The van der Waals surface area contributed by atoms with Crippen LogP contribution in [-0.4, -0.2) is 49.7 Å². The van der Waals surface area contributed by atoms with E-state index in [1.54, 1.807) is 0 Å². The lowest BCUT2D eigenvalue weighted by molar-refractivity contribution is -0.384. The van der Waals surface area contributed by atoms with Gasteiger partial charge < -0.3 is 19.7 Å². The summed E-state index contributed by atoms with van der Waals surface area (Å²) >= 11 is 0. The number of carbonyl (C=O) groups excluding carboxylic acids is 2. The first-order valence-electron chi connectivity index (χ1n) is 10.6. The number of benzene rings is 2. The third kappa shape index (κ3) is 5.42. The van der Waals surface area contributed by atoms with Crippen LogP contribution in [0.1, 0.15) is 35.3 Å². The first-order valence-corrected chi connectivity index (χ1v) is 10.6. The van der Waals surface area contributed by atoms with E-state index in [9.17, 15) is 19.7 Å². The number of aryl methyl sites for hydroxylation is 2. The van der Waals surface area contributed by atoms with Crippen LogP contribution in [-0.2, 0) is 27.1 Å². The Bertz CT molecular complexity index is 979. The fraction of sp³-hybridized carbons (Fsp3) is 0.391. The van der Waals surface area contributed by atoms with Gasteiger partial charge in [0.15, 0.2) is 6.61 Å². The minimum atomic E-state index is -0.787. The van der Waals surface area contributed by atoms with Gasteiger partial charge in [0.05, 0.1) is 29.4 Å². The second-order valence-corrected chi connectivity index (χ2v) is 7.34. The number of carbonyl (C=O) groups is 2. The highest BCUT2D eigenvalue weighted by molar-refractivity contribution is 5.99. The number of hydrogen-bond donors (Lipinski definition) is 1. The molecule has 0 bridgehead atoms. The number of ether oxygens (including phenoxy) is 2. The maximum atomic E-state index is 12.8. The van der Waals surface area contributed by atoms with Crippen molar-refractivity contribution >= 4 is 28.9 Å². The van der Waals surface area contributed by atoms with Crippen LogP contribution in [0.5, 0.6) is 0 Å². The number of nitrogens with one attached hydrogen (secondary N) is 1. The molecule has 1 aliphatic heterocycles. The highest BCUT2D eigenvalue weighted by atomic mass is 16.6. The number of morpholine rings is 1. The highest BCUT2D eigenvalue weighted by Crippen LogP contribution is 2.27. The van der Waals surface area contributed by atoms with Gasteiger partial charge in [0, 0.05) is 30.9 Å². The predicted octanol–water partition coefficient (Wildman–Crippen LogP) is 3.35. The molecule has 0 aromatic heterocycles. The quantitative estimate of drug-likeness (QED) is 0.380. The molecule has 0 radical (unpaired) electrons. The van der Waals surface area contributed by atoms with Crippen molar-refractivity contribution in [1.29, 1.82) is 0 Å². The zero-order valence-corrected chi connectivity index (χ0v) is 18.3. The molecule has 0 aliphatic carbocycles. The maximum absolute atomic E-state index is 12.8. The molecule has 9 nitrogen and oxygen atoms in total. The standard InChI is InChI=1S/C23H27N3O6/c1-3-16-6-5-7-17(4-2)22(16)24-21(27)15-32-23(28)19-14-18(26(29)30)8-9-20(19)25-10-12-31-13-11-25/h5-9,14H,3-4,10-13,15H2,1-2H3,(H,24,27). The van der Waals surface area contributed by atoms with Gasteiger partial charge in [0.1, 0.15) is 0 Å². The minimum Gasteiger partial charge on any atom is -0.452 e. The number of anilines is 2. The summed E-state index contributed by atoms with van der Waals surface area (Å²) < 4.78 is 10.6. The molecule has 1 fully saturated rings. The van der Waals surface area contributed by atoms with Crippen LogP contribution >= 0.6 is 0 Å². The number of esters is 1. The van der Waals surface area contributed by atoms with Crippen molar-refractivity contribution in [2.24, 2.45) is 0 Å². The Morgan fingerprint density at radius 1 is 1.12 bits per heavy atom. The lowest BCUT2D eigenvalue weighted by atomic mass is 10.0. The molecule has 1 saturated heterocycles. The average molecular weight is 441 g/mol. The van der Waals surface area contributed by atoms with Crippen molar-refractivity contribution in [2.75, 3.05) is 43.1 Å². The molecule has 0 saturated carbocycles. The van der Waals surface area contributed by atoms with Crippen LogP contribution in [0.25, 0.3) is 0 Å². The summed E-state index contributed by atoms with van der Waals surface area (Å²) in [5, 5.41) is 14.1. The Morgan fingerprint density at radius 3 is 2.38 bits per heavy atom. The normalized spacial score (nSPS) is 13.5. The molecule has 0 atom stereocenters. The van der Waals surface area contributed by atoms with E-state index in [2.05, 4.69) is 5.32 Å². The molecule has 9 heteroatoms. The van der Waals surface area contributed by atoms with Crippen molar-refractivity contribution in [2.45, 2.75) is 26.7 Å². The second-order valence-electron chi connectivity index (χ2n) is 7.34. The molecule has 1 aliphatic rings. The average Bonchev–Trinajstić information content (AvgIpc) is 2.82. The molecule has 1 N–H and O–H groups in total. The van der Waals surface area contributed by atoms with E-state index in [0.29, 0.717) is 32.0 Å². The number of non-ortho nitro benzene ring substituents is 1. The SMILES string of the molecule is CCc1cccc(CC)c1NC(=O)COC(=O)c1cc([N+](=O)[O-])ccc1N1CCOCC1. The Hall–Kier alpha value is -3.46. The smallest absolute Gasteiger partial charge is 0.341 e. The van der Waals surface area contributed by atoms with Crippen LogP contribution in [0.4, 0.5) is 17.1 Å². The Kier molecular flexibility index (Phi) is 7.77. The van der Waals surface area contributed by atoms with E-state index >= 15 is 0 Å². The molecule has 0 spiro atoms. The number of rotatable bonds is 8. The van der Waals surface area contributed by atoms with Gasteiger partial charge in [-0.2, -0.15) is 0 Å². The largest absolute Gasteiger partial charge is 0.452 e. The van der Waals surface area contributed by atoms with E-state index in [1.807, 2.05) is 36.9 Å². The summed E-state index contributed by atoms with van der Waals surface area (Å²) in [5.74, 6) is -1.25. The van der Waals surface area contributed by atoms with Crippen molar-refractivity contribution < 1.29 is 24.0 Å². The van der Waals surface area contributed by atoms with Gasteiger partial charge in [-0.3, -0.25) is 14.9 Å². The lowest BCUT2D eigenvalue weighted by Crippen LogP contribution is -2.37. The van der Waals surface area contributed by atoms with Gasteiger partial charge in [0.25, 0.3) is 11.6 Å². The molecule has 2 aromatic carbocycles. The van der Waals surface area contributed by atoms with Crippen LogP contribution in [0, 0.1) is 10.1 Å². The number of nitrogens with zero attached hydrogens (tertiary/aromatic N) is 2. The van der Waals surface area contributed by atoms with Crippen molar-refractivity contribution in [3.05, 3.63) is 63.2 Å². The zero-order valence-electron chi connectivity index (χ0n) is 18.3. The summed E-state index contributed by atoms with van der Waals surface area (Å²) in [6.07, 6.45) is 1.50. The van der Waals surface area contributed by atoms with E-state index in [4.69, 9.17) is 9.47 Å². The van der Waals surface area contributed by atoms with Crippen LogP contribution < -0.4 is 10.2 Å². The van der Waals surface area contributed by atoms with Gasteiger partial charge in [-0.15, -0.1) is 0 Å². The molecule has 3 rings (SSSR count). The minimum absolute atomic E-state index is 0.0529. The molecular weight excluding hydrogens is 414 g/mol. The number of nitro benzene ring substituents is 1. The van der Waals surface area contributed by atoms with Gasteiger partial charge in [0.2, 0.25) is 0 Å². The van der Waals surface area contributed by atoms with Crippen molar-refractivity contribution in [3.63, 3.8) is 0 Å². The third-order valence-electron chi connectivity index (χ3n) is 5.36. The van der Waals surface area contributed by atoms with Crippen molar-refractivity contribution in [1.82, 2.24) is 0 Å². The van der Waals surface area contributed by atoms with E-state index in [-0.39, 0.29) is 11.3 Å². The molecule has 1 heterocycles. The molecular formula is C23H27N3O6. The van der Waals surface area contributed by atoms with E-state index in [0.717, 1.165) is 29.7 Å². The summed E-state index contributed by atoms with van der Waals surface area (Å²) in [6, 6.07) is 9.90. The fourth-order valence-electron chi connectivity index (χ4n) is 3.67. The number of nitro groups is 1. The first-order chi connectivity index (χ1) is 15.4. The van der Waals surface area contributed by atoms with Crippen LogP contribution in [0.2, 0.25) is 0 Å². The predicted molar refractivity (Wildman–Crippen MR) is 120 cm³/mol. The third-order valence-corrected chi connectivity index (χ3v) is 5.36.